The Morgan fingerprint density at radius 2 is 1.89 bits per heavy atom. The second-order valence-electron chi connectivity index (χ2n) is 9.01. The Morgan fingerprint density at radius 3 is 2.63 bits per heavy atom. The third kappa shape index (κ3) is 3.64. The Morgan fingerprint density at radius 1 is 1.14 bits per heavy atom. The summed E-state index contributed by atoms with van der Waals surface area (Å²) in [7, 11) is 1.49. The normalized spacial score (nSPS) is 19.5. The van der Waals surface area contributed by atoms with Crippen LogP contribution in [0.3, 0.4) is 0 Å². The number of carbonyl (C=O) groups is 1. The number of nitrogens with zero attached hydrogens (tertiary/aromatic N) is 8. The molecule has 178 valence electrons. The van der Waals surface area contributed by atoms with Gasteiger partial charge in [-0.15, -0.1) is 0 Å². The van der Waals surface area contributed by atoms with E-state index in [0.717, 1.165) is 24.9 Å². The number of nitrogens with one attached hydrogen (secondary N) is 2. The van der Waals surface area contributed by atoms with Gasteiger partial charge in [0.1, 0.15) is 11.9 Å². The van der Waals surface area contributed by atoms with E-state index in [0.29, 0.717) is 23.2 Å². The second-order valence-corrected chi connectivity index (χ2v) is 9.01. The molecule has 0 bridgehead atoms. The van der Waals surface area contributed by atoms with Crippen LogP contribution in [0, 0.1) is 11.8 Å². The lowest BCUT2D eigenvalue weighted by Gasteiger charge is -2.17. The SMILES string of the molecule is C[C@@H](C(=O)Nc1ccnc(-c2cnc(N3CC4CC4C3)nc2)n1)n1cnc2c1c(=O)[nH]c(=O)n2C. The van der Waals surface area contributed by atoms with Crippen molar-refractivity contribution in [3.8, 4) is 11.4 Å². The molecule has 1 aliphatic carbocycles. The number of piperidine rings is 1. The van der Waals surface area contributed by atoms with Crippen molar-refractivity contribution in [2.24, 2.45) is 18.9 Å². The molecule has 4 aromatic heterocycles. The highest BCUT2D eigenvalue weighted by molar-refractivity contribution is 5.93. The molecule has 0 aromatic carbocycles. The van der Waals surface area contributed by atoms with Gasteiger partial charge in [0.2, 0.25) is 11.9 Å². The molecule has 1 aliphatic heterocycles. The summed E-state index contributed by atoms with van der Waals surface area (Å²) < 4.78 is 2.63. The quantitative estimate of drug-likeness (QED) is 0.416. The van der Waals surface area contributed by atoms with Crippen LogP contribution >= 0.6 is 0 Å². The summed E-state index contributed by atoms with van der Waals surface area (Å²) in [4.78, 5) is 63.3. The summed E-state index contributed by atoms with van der Waals surface area (Å²) in [6, 6.07) is 0.772. The highest BCUT2D eigenvalue weighted by atomic mass is 16.2. The van der Waals surface area contributed by atoms with Crippen LogP contribution in [0.5, 0.6) is 0 Å². The van der Waals surface area contributed by atoms with Crippen LogP contribution in [0.15, 0.2) is 40.6 Å². The minimum absolute atomic E-state index is 0.130. The van der Waals surface area contributed by atoms with Crippen LogP contribution < -0.4 is 21.5 Å². The Kier molecular flexibility index (Phi) is 4.72. The molecule has 13 nitrogen and oxygen atoms in total. The van der Waals surface area contributed by atoms with E-state index in [4.69, 9.17) is 0 Å². The van der Waals surface area contributed by atoms with Crippen molar-refractivity contribution in [1.29, 1.82) is 0 Å². The zero-order valence-electron chi connectivity index (χ0n) is 19.0. The molecule has 3 atom stereocenters. The number of rotatable bonds is 5. The molecule has 2 fully saturated rings. The molecule has 13 heteroatoms. The van der Waals surface area contributed by atoms with Crippen molar-refractivity contribution in [3.05, 3.63) is 51.8 Å². The highest BCUT2D eigenvalue weighted by Gasteiger charge is 2.45. The minimum Gasteiger partial charge on any atom is -0.340 e. The number of aryl methyl sites for hydroxylation is 1. The van der Waals surface area contributed by atoms with Gasteiger partial charge in [-0.05, 0) is 31.2 Å². The molecule has 2 aliphatic rings. The largest absolute Gasteiger partial charge is 0.340 e. The first-order valence-corrected chi connectivity index (χ1v) is 11.3. The van der Waals surface area contributed by atoms with Crippen molar-refractivity contribution in [2.75, 3.05) is 23.3 Å². The number of imidazole rings is 1. The Hall–Kier alpha value is -4.42. The van der Waals surface area contributed by atoms with Gasteiger partial charge in [-0.25, -0.2) is 29.7 Å². The van der Waals surface area contributed by atoms with Crippen molar-refractivity contribution in [2.45, 2.75) is 19.4 Å². The van der Waals surface area contributed by atoms with Gasteiger partial charge in [-0.2, -0.15) is 0 Å². The number of hydrogen-bond acceptors (Lipinski definition) is 9. The lowest BCUT2D eigenvalue weighted by molar-refractivity contribution is -0.118. The minimum atomic E-state index is -0.800. The van der Waals surface area contributed by atoms with Crippen molar-refractivity contribution in [1.82, 2.24) is 39.0 Å². The summed E-state index contributed by atoms with van der Waals surface area (Å²) in [5.41, 5.74) is -0.232. The number of amides is 1. The van der Waals surface area contributed by atoms with E-state index < -0.39 is 23.2 Å². The van der Waals surface area contributed by atoms with Gasteiger partial charge in [-0.1, -0.05) is 0 Å². The van der Waals surface area contributed by atoms with Crippen LogP contribution in [0.1, 0.15) is 19.4 Å². The molecular formula is C22H22N10O3. The van der Waals surface area contributed by atoms with Crippen LogP contribution in [0.2, 0.25) is 0 Å². The van der Waals surface area contributed by atoms with Crippen molar-refractivity contribution < 1.29 is 4.79 Å². The van der Waals surface area contributed by atoms with Crippen LogP contribution in [0.25, 0.3) is 22.6 Å². The van der Waals surface area contributed by atoms with E-state index in [1.54, 1.807) is 25.4 Å². The fourth-order valence-corrected chi connectivity index (χ4v) is 4.53. The number of H-pyrrole nitrogens is 1. The zero-order valence-corrected chi connectivity index (χ0v) is 19.0. The Balaban J connectivity index is 1.20. The van der Waals surface area contributed by atoms with Crippen LogP contribution in [0.4, 0.5) is 11.8 Å². The van der Waals surface area contributed by atoms with Gasteiger partial charge in [0.05, 0.1) is 11.9 Å². The van der Waals surface area contributed by atoms with Gasteiger partial charge in [0, 0.05) is 38.7 Å². The average Bonchev–Trinajstić information content (AvgIpc) is 3.25. The van der Waals surface area contributed by atoms with E-state index in [-0.39, 0.29) is 11.2 Å². The predicted molar refractivity (Wildman–Crippen MR) is 126 cm³/mol. The lowest BCUT2D eigenvalue weighted by Crippen LogP contribution is -2.31. The topological polar surface area (TPSA) is 157 Å². The number of hydrogen-bond donors (Lipinski definition) is 2. The maximum Gasteiger partial charge on any atom is 0.329 e. The summed E-state index contributed by atoms with van der Waals surface area (Å²) in [6.07, 6.45) is 7.58. The third-order valence-electron chi connectivity index (χ3n) is 6.69. The summed E-state index contributed by atoms with van der Waals surface area (Å²) in [6.45, 7) is 3.64. The molecule has 35 heavy (non-hydrogen) atoms. The Bertz CT molecular complexity index is 1560. The second kappa shape index (κ2) is 7.82. The zero-order chi connectivity index (χ0) is 24.3. The van der Waals surface area contributed by atoms with Crippen molar-refractivity contribution >= 4 is 28.8 Å². The molecule has 6 rings (SSSR count). The fourth-order valence-electron chi connectivity index (χ4n) is 4.53. The number of carbonyl (C=O) groups excluding carboxylic acids is 1. The van der Waals surface area contributed by atoms with Gasteiger partial charge in [0.15, 0.2) is 17.0 Å². The standard InChI is InChI=1S/C22H22N10O3/c1-11(32-10-26-18-16(32)20(34)29-22(35)30(18)2)19(33)28-15-3-4-23-17(27-15)14-6-24-21(25-7-14)31-8-12-5-13(12)9-31/h3-4,6-7,10-13H,5,8-9H2,1-2H3,(H,29,34,35)(H,23,27,28,33)/t11-,12?,13?/m0/s1. The molecular weight excluding hydrogens is 452 g/mol. The maximum absolute atomic E-state index is 13.0. The molecule has 1 saturated heterocycles. The van der Waals surface area contributed by atoms with Gasteiger partial charge in [0.25, 0.3) is 5.56 Å². The maximum atomic E-state index is 13.0. The molecule has 0 spiro atoms. The number of fused-ring (bicyclic) bond motifs is 2. The summed E-state index contributed by atoms with van der Waals surface area (Å²) >= 11 is 0. The van der Waals surface area contributed by atoms with Crippen molar-refractivity contribution in [3.63, 3.8) is 0 Å². The van der Waals surface area contributed by atoms with E-state index >= 15 is 0 Å². The highest BCUT2D eigenvalue weighted by Crippen LogP contribution is 2.45. The lowest BCUT2D eigenvalue weighted by atomic mass is 10.3. The smallest absolute Gasteiger partial charge is 0.329 e. The molecule has 1 amide bonds. The summed E-state index contributed by atoms with van der Waals surface area (Å²) in [5, 5.41) is 2.75. The number of aromatic nitrogens is 8. The van der Waals surface area contributed by atoms with Gasteiger partial charge < -0.3 is 14.8 Å². The van der Waals surface area contributed by atoms with E-state index in [1.165, 1.54) is 35.1 Å². The molecule has 2 N–H and O–H groups in total. The fraction of sp³-hybridized carbons (Fsp3) is 0.364. The first-order valence-electron chi connectivity index (χ1n) is 11.3. The van der Waals surface area contributed by atoms with E-state index in [1.807, 2.05) is 0 Å². The third-order valence-corrected chi connectivity index (χ3v) is 6.69. The first kappa shape index (κ1) is 21.1. The number of anilines is 2. The Labute approximate surface area is 197 Å². The number of aromatic amines is 1. The first-order chi connectivity index (χ1) is 16.9. The molecule has 0 radical (unpaired) electrons. The molecule has 1 saturated carbocycles. The molecule has 4 aromatic rings. The summed E-state index contributed by atoms with van der Waals surface area (Å²) in [5.74, 6) is 2.54. The predicted octanol–water partition coefficient (Wildman–Crippen LogP) is 0.326. The molecule has 5 heterocycles. The molecule has 2 unspecified atom stereocenters. The van der Waals surface area contributed by atoms with Gasteiger partial charge >= 0.3 is 5.69 Å². The monoisotopic (exact) mass is 474 g/mol. The van der Waals surface area contributed by atoms with E-state index in [9.17, 15) is 14.4 Å². The van der Waals surface area contributed by atoms with Crippen LogP contribution in [-0.2, 0) is 11.8 Å². The average molecular weight is 474 g/mol. The van der Waals surface area contributed by atoms with Gasteiger partial charge in [-0.3, -0.25) is 19.1 Å². The van der Waals surface area contributed by atoms with E-state index in [2.05, 4.69) is 40.1 Å². The van der Waals surface area contributed by atoms with Crippen LogP contribution in [-0.4, -0.2) is 58.0 Å².